The third-order valence-electron chi connectivity index (χ3n) is 4.33. The first-order valence-corrected chi connectivity index (χ1v) is 10.6. The van der Waals surface area contributed by atoms with Crippen molar-refractivity contribution in [1.82, 2.24) is 4.98 Å². The van der Waals surface area contributed by atoms with Crippen LogP contribution < -0.4 is 5.01 Å². The molecule has 0 saturated carbocycles. The van der Waals surface area contributed by atoms with Gasteiger partial charge in [-0.25, -0.2) is 9.99 Å². The Kier molecular flexibility index (Phi) is 5.95. The summed E-state index contributed by atoms with van der Waals surface area (Å²) in [7, 11) is 0. The lowest BCUT2D eigenvalue weighted by Gasteiger charge is -2.17. The van der Waals surface area contributed by atoms with Crippen molar-refractivity contribution in [2.75, 3.05) is 5.01 Å². The van der Waals surface area contributed by atoms with Gasteiger partial charge in [0.1, 0.15) is 0 Å². The lowest BCUT2D eigenvalue weighted by Crippen LogP contribution is -2.12. The number of rotatable bonds is 5. The maximum Gasteiger partial charge on any atom is 0.211 e. The molecular formula is C23H17Cl2N3S. The van der Waals surface area contributed by atoms with E-state index in [1.165, 1.54) is 0 Å². The van der Waals surface area contributed by atoms with Crippen molar-refractivity contribution < 1.29 is 0 Å². The molecule has 3 nitrogen and oxygen atoms in total. The third-order valence-corrected chi connectivity index (χ3v) is 5.65. The zero-order valence-corrected chi connectivity index (χ0v) is 17.9. The molecule has 0 aliphatic heterocycles. The summed E-state index contributed by atoms with van der Waals surface area (Å²) in [6.45, 7) is 1.98. The van der Waals surface area contributed by atoms with Crippen molar-refractivity contribution in [2.24, 2.45) is 5.10 Å². The predicted molar refractivity (Wildman–Crippen MR) is 125 cm³/mol. The van der Waals surface area contributed by atoms with E-state index in [2.05, 4.69) is 0 Å². The summed E-state index contributed by atoms with van der Waals surface area (Å²) in [6, 6.07) is 25.3. The zero-order valence-electron chi connectivity index (χ0n) is 15.6. The van der Waals surface area contributed by atoms with Crippen molar-refractivity contribution in [3.63, 3.8) is 0 Å². The molecular weight excluding hydrogens is 421 g/mol. The van der Waals surface area contributed by atoms with E-state index in [4.69, 9.17) is 33.3 Å². The van der Waals surface area contributed by atoms with E-state index < -0.39 is 0 Å². The van der Waals surface area contributed by atoms with Crippen LogP contribution in [0.15, 0.2) is 89.3 Å². The van der Waals surface area contributed by atoms with E-state index >= 15 is 0 Å². The summed E-state index contributed by atoms with van der Waals surface area (Å²) < 4.78 is 0. The second-order valence-electron chi connectivity index (χ2n) is 6.36. The molecule has 0 bridgehead atoms. The van der Waals surface area contributed by atoms with Crippen LogP contribution in [0.2, 0.25) is 10.0 Å². The Morgan fingerprint density at radius 3 is 2.14 bits per heavy atom. The van der Waals surface area contributed by atoms with Gasteiger partial charge in [-0.3, -0.25) is 0 Å². The van der Waals surface area contributed by atoms with Gasteiger partial charge in [-0.2, -0.15) is 5.10 Å². The number of hydrogen-bond acceptors (Lipinski definition) is 4. The minimum absolute atomic E-state index is 0.703. The quantitative estimate of drug-likeness (QED) is 0.236. The van der Waals surface area contributed by atoms with E-state index in [0.717, 1.165) is 33.4 Å². The van der Waals surface area contributed by atoms with E-state index in [1.54, 1.807) is 11.3 Å². The molecule has 0 aliphatic rings. The summed E-state index contributed by atoms with van der Waals surface area (Å²) >= 11 is 13.6. The highest BCUT2D eigenvalue weighted by Gasteiger charge is 2.15. The number of benzene rings is 3. The predicted octanol–water partition coefficient (Wildman–Crippen LogP) is 7.68. The number of thiazole rings is 1. The molecule has 0 amide bonds. The average molecular weight is 438 g/mol. The molecule has 144 valence electrons. The Balaban J connectivity index is 1.73. The smallest absolute Gasteiger partial charge is 0.211 e. The van der Waals surface area contributed by atoms with Crippen LogP contribution in [-0.4, -0.2) is 10.7 Å². The molecule has 29 heavy (non-hydrogen) atoms. The van der Waals surface area contributed by atoms with Gasteiger partial charge in [-0.05, 0) is 48.9 Å². The maximum absolute atomic E-state index is 6.02. The minimum atomic E-state index is 0.703. The third kappa shape index (κ3) is 4.67. The number of para-hydroxylation sites is 1. The minimum Gasteiger partial charge on any atom is -0.218 e. The molecule has 0 radical (unpaired) electrons. The van der Waals surface area contributed by atoms with Gasteiger partial charge in [-0.1, -0.05) is 65.7 Å². The van der Waals surface area contributed by atoms with Gasteiger partial charge < -0.3 is 0 Å². The zero-order chi connectivity index (χ0) is 20.2. The maximum atomic E-state index is 6.02. The Hall–Kier alpha value is -2.66. The second-order valence-corrected chi connectivity index (χ2v) is 8.07. The monoisotopic (exact) mass is 437 g/mol. The van der Waals surface area contributed by atoms with Crippen LogP contribution in [0.3, 0.4) is 0 Å². The highest BCUT2D eigenvalue weighted by molar-refractivity contribution is 7.14. The molecule has 1 heterocycles. The number of hydrazone groups is 1. The SMILES string of the molecule is CC(=NN(c1ccccc1)c1nc(-c2ccc(Cl)cc2)cs1)c1ccc(Cl)cc1. The fraction of sp³-hybridized carbons (Fsp3) is 0.0435. The molecule has 6 heteroatoms. The first-order chi connectivity index (χ1) is 14.1. The molecule has 0 N–H and O–H groups in total. The van der Waals surface area contributed by atoms with Crippen molar-refractivity contribution in [1.29, 1.82) is 0 Å². The Labute approximate surface area is 183 Å². The number of anilines is 2. The van der Waals surface area contributed by atoms with Crippen LogP contribution in [0.4, 0.5) is 10.8 Å². The number of nitrogens with zero attached hydrogens (tertiary/aromatic N) is 3. The summed E-state index contributed by atoms with van der Waals surface area (Å²) in [4.78, 5) is 4.82. The highest BCUT2D eigenvalue weighted by atomic mass is 35.5. The fourth-order valence-corrected chi connectivity index (χ4v) is 3.85. The molecule has 3 aromatic carbocycles. The first kappa shape index (κ1) is 19.6. The van der Waals surface area contributed by atoms with Crippen molar-refractivity contribution in [3.05, 3.63) is 99.9 Å². The van der Waals surface area contributed by atoms with Crippen LogP contribution in [0.1, 0.15) is 12.5 Å². The standard InChI is InChI=1S/C23H17Cl2N3S/c1-16(17-7-11-19(24)12-8-17)27-28(21-5-3-2-4-6-21)23-26-22(15-29-23)18-9-13-20(25)14-10-18/h2-15H,1H3. The van der Waals surface area contributed by atoms with Crippen LogP contribution in [-0.2, 0) is 0 Å². The normalized spacial score (nSPS) is 11.5. The van der Waals surface area contributed by atoms with Gasteiger partial charge >= 0.3 is 0 Å². The van der Waals surface area contributed by atoms with Crippen molar-refractivity contribution in [3.8, 4) is 11.3 Å². The Bertz CT molecular complexity index is 1120. The van der Waals surface area contributed by atoms with Gasteiger partial charge in [0.15, 0.2) is 0 Å². The van der Waals surface area contributed by atoms with E-state index in [1.807, 2.05) is 96.2 Å². The van der Waals surface area contributed by atoms with Gasteiger partial charge in [0.25, 0.3) is 0 Å². The molecule has 4 rings (SSSR count). The van der Waals surface area contributed by atoms with E-state index in [-0.39, 0.29) is 0 Å². The van der Waals surface area contributed by atoms with Crippen molar-refractivity contribution in [2.45, 2.75) is 6.92 Å². The molecule has 0 spiro atoms. The summed E-state index contributed by atoms with van der Waals surface area (Å²) in [5.74, 6) is 0. The first-order valence-electron chi connectivity index (χ1n) is 8.98. The summed E-state index contributed by atoms with van der Waals surface area (Å²) in [5, 5.41) is 11.0. The molecule has 0 aliphatic carbocycles. The highest BCUT2D eigenvalue weighted by Crippen LogP contribution is 2.33. The van der Waals surface area contributed by atoms with Crippen LogP contribution in [0.5, 0.6) is 0 Å². The Morgan fingerprint density at radius 2 is 1.48 bits per heavy atom. The van der Waals surface area contributed by atoms with Gasteiger partial charge in [0.2, 0.25) is 5.13 Å². The van der Waals surface area contributed by atoms with E-state index in [0.29, 0.717) is 10.0 Å². The summed E-state index contributed by atoms with van der Waals surface area (Å²) in [6.07, 6.45) is 0. The van der Waals surface area contributed by atoms with E-state index in [9.17, 15) is 0 Å². The lowest BCUT2D eigenvalue weighted by atomic mass is 10.1. The molecule has 4 aromatic rings. The second kappa shape index (κ2) is 8.78. The van der Waals surface area contributed by atoms with Gasteiger partial charge in [0, 0.05) is 21.0 Å². The van der Waals surface area contributed by atoms with Crippen molar-refractivity contribution >= 4 is 51.1 Å². The van der Waals surface area contributed by atoms with Gasteiger partial charge in [0.05, 0.1) is 17.1 Å². The molecule has 0 unspecified atom stereocenters. The average Bonchev–Trinajstić information content (AvgIpc) is 3.23. The molecule has 1 aromatic heterocycles. The Morgan fingerprint density at radius 1 is 0.862 bits per heavy atom. The topological polar surface area (TPSA) is 28.5 Å². The van der Waals surface area contributed by atoms with Crippen LogP contribution >= 0.6 is 34.5 Å². The van der Waals surface area contributed by atoms with Crippen LogP contribution in [0.25, 0.3) is 11.3 Å². The van der Waals surface area contributed by atoms with Crippen LogP contribution in [0, 0.1) is 0 Å². The molecule has 0 atom stereocenters. The fourth-order valence-electron chi connectivity index (χ4n) is 2.79. The molecule has 0 fully saturated rings. The number of aromatic nitrogens is 1. The summed E-state index contributed by atoms with van der Waals surface area (Å²) in [5.41, 5.74) is 4.72. The molecule has 0 saturated heterocycles. The lowest BCUT2D eigenvalue weighted by molar-refractivity contribution is 1.06. The largest absolute Gasteiger partial charge is 0.218 e. The number of halogens is 2. The number of hydrogen-bond donors (Lipinski definition) is 0. The van der Waals surface area contributed by atoms with Gasteiger partial charge in [-0.15, -0.1) is 11.3 Å².